The summed E-state index contributed by atoms with van der Waals surface area (Å²) >= 11 is 42.2. The smallest absolute Gasteiger partial charge is 0.263 e. The maximum atomic E-state index is 15.0. The van der Waals surface area contributed by atoms with Gasteiger partial charge in [0, 0.05) is 161 Å². The molecule has 0 spiro atoms. The van der Waals surface area contributed by atoms with Gasteiger partial charge in [-0.2, -0.15) is 0 Å². The van der Waals surface area contributed by atoms with Crippen molar-refractivity contribution in [2.24, 2.45) is 32.7 Å². The van der Waals surface area contributed by atoms with Crippen molar-refractivity contribution in [2.45, 2.75) is 290 Å². The normalized spacial score (nSPS) is 27.2. The van der Waals surface area contributed by atoms with E-state index in [4.69, 9.17) is 89.0 Å². The number of piperazine rings is 3. The van der Waals surface area contributed by atoms with Crippen LogP contribution in [0.4, 0.5) is 0 Å². The largest absolute Gasteiger partial charge is 0.416 e. The summed E-state index contributed by atoms with van der Waals surface area (Å²) in [5, 5.41) is 19.6. The fourth-order valence-electron chi connectivity index (χ4n) is 23.5. The van der Waals surface area contributed by atoms with Crippen LogP contribution < -0.4 is 5.32 Å². The number of nitrogens with one attached hydrogen (secondary N) is 1. The molecular formula is C112H145Cl6N15O8S3Si. The van der Waals surface area contributed by atoms with Crippen LogP contribution in [-0.4, -0.2) is 256 Å². The highest BCUT2D eigenvalue weighted by Crippen LogP contribution is 2.61. The first-order chi connectivity index (χ1) is 68.2. The lowest BCUT2D eigenvalue weighted by molar-refractivity contribution is -0.146. The maximum Gasteiger partial charge on any atom is 0.263 e. The number of hydrogen-bond acceptors (Lipinski definition) is 20. The number of likely N-dealkylation sites (tertiary alicyclic amines) is 3. The van der Waals surface area contributed by atoms with Gasteiger partial charge in [-0.05, 0) is 299 Å². The summed E-state index contributed by atoms with van der Waals surface area (Å²) in [7, 11) is -1.84. The van der Waals surface area contributed by atoms with Crippen molar-refractivity contribution in [3.8, 4) is 0 Å². The Morgan fingerprint density at radius 1 is 0.414 bits per heavy atom. The molecule has 780 valence electrons. The summed E-state index contributed by atoms with van der Waals surface area (Å²) in [6.45, 7) is 57.8. The number of β-amino-alcohol motifs (C(OH)–C–C–N with tert-alkyl or cyclic N) is 1. The van der Waals surface area contributed by atoms with Gasteiger partial charge in [0.05, 0.1) is 24.7 Å². The number of fused-ring (bicyclic) bond motifs is 3. The van der Waals surface area contributed by atoms with E-state index in [0.717, 1.165) is 105 Å². The molecule has 6 saturated heterocycles. The van der Waals surface area contributed by atoms with Gasteiger partial charge in [0.1, 0.15) is 49.5 Å². The van der Waals surface area contributed by atoms with Crippen molar-refractivity contribution < 1.29 is 38.3 Å². The summed E-state index contributed by atoms with van der Waals surface area (Å²) in [4.78, 5) is 128. The van der Waals surface area contributed by atoms with Crippen LogP contribution in [0.3, 0.4) is 0 Å². The molecule has 145 heavy (non-hydrogen) atoms. The van der Waals surface area contributed by atoms with Crippen LogP contribution in [0, 0.1) is 17.8 Å². The molecule has 23 nitrogen and oxygen atoms in total. The molecule has 12 heterocycles. The molecule has 6 fully saturated rings. The Labute approximate surface area is 902 Å². The quantitative estimate of drug-likeness (QED) is 0.0640. The lowest BCUT2D eigenvalue weighted by atomic mass is 9.81. The van der Waals surface area contributed by atoms with E-state index in [-0.39, 0.29) is 118 Å². The first-order valence-electron chi connectivity index (χ1n) is 51.6. The molecule has 2 N–H and O–H groups in total. The molecule has 18 rings (SSSR count). The van der Waals surface area contributed by atoms with Crippen molar-refractivity contribution >= 4 is 164 Å². The summed E-state index contributed by atoms with van der Waals surface area (Å²) in [6, 6.07) is 45.1. The molecule has 0 aromatic heterocycles. The van der Waals surface area contributed by atoms with Crippen molar-refractivity contribution in [3.63, 3.8) is 0 Å². The number of carbonyl (C=O) groups excluding carboxylic acids is 6. The number of aliphatic hydroxyl groups is 1. The summed E-state index contributed by atoms with van der Waals surface area (Å²) < 4.78 is 6.52. The second kappa shape index (κ2) is 43.0. The van der Waals surface area contributed by atoms with E-state index in [1.54, 1.807) is 0 Å². The number of carbonyl (C=O) groups is 6. The highest BCUT2D eigenvalue weighted by atomic mass is 35.5. The van der Waals surface area contributed by atoms with Gasteiger partial charge in [-0.15, -0.1) is 0 Å². The molecule has 0 bridgehead atoms. The molecule has 0 unspecified atom stereocenters. The van der Waals surface area contributed by atoms with E-state index in [0.29, 0.717) is 123 Å². The van der Waals surface area contributed by atoms with Gasteiger partial charge in [0.15, 0.2) is 23.8 Å². The molecule has 6 aromatic rings. The number of aliphatic hydroxyl groups excluding tert-OH is 1. The minimum atomic E-state index is -1.84. The van der Waals surface area contributed by atoms with Gasteiger partial charge in [-0.3, -0.25) is 38.6 Å². The van der Waals surface area contributed by atoms with Gasteiger partial charge in [-0.25, -0.2) is 15.0 Å². The third-order valence-electron chi connectivity index (χ3n) is 32.3. The van der Waals surface area contributed by atoms with Crippen LogP contribution in [0.2, 0.25) is 48.3 Å². The third kappa shape index (κ3) is 21.7. The molecule has 12 aliphatic rings. The zero-order valence-corrected chi connectivity index (χ0v) is 96.3. The predicted molar refractivity (Wildman–Crippen MR) is 597 cm³/mol. The Kier molecular flexibility index (Phi) is 32.7. The number of halogens is 6. The molecule has 12 atom stereocenters. The van der Waals surface area contributed by atoms with Crippen LogP contribution in [0.5, 0.6) is 0 Å². The zero-order chi connectivity index (χ0) is 105. The maximum absolute atomic E-state index is 15.0. The van der Waals surface area contributed by atoms with Gasteiger partial charge in [0.2, 0.25) is 17.7 Å². The molecule has 6 amide bonds. The first-order valence-corrected chi connectivity index (χ1v) is 59.2. The number of allylic oxidation sites excluding steroid dienone is 3. The molecular weight excluding hydrogens is 2020 g/mol. The monoisotopic (exact) mass is 2160 g/mol. The Morgan fingerprint density at radius 2 is 0.690 bits per heavy atom. The van der Waals surface area contributed by atoms with Crippen LogP contribution in [0.25, 0.3) is 0 Å². The fraction of sp³-hybridized carbons (Fsp3) is 0.545. The van der Waals surface area contributed by atoms with Crippen LogP contribution in [0.1, 0.15) is 235 Å². The number of benzene rings is 6. The summed E-state index contributed by atoms with van der Waals surface area (Å²) in [5.41, 5.74) is 6.52. The van der Waals surface area contributed by atoms with Gasteiger partial charge >= 0.3 is 0 Å². The lowest BCUT2D eigenvalue weighted by Crippen LogP contribution is -2.63. The Morgan fingerprint density at radius 3 is 0.952 bits per heavy atom. The number of nitrogens with zero attached hydrogens (tertiary/aromatic N) is 14. The predicted octanol–water partition coefficient (Wildman–Crippen LogP) is 22.9. The van der Waals surface area contributed by atoms with Crippen LogP contribution >= 0.6 is 105 Å². The Balaban J connectivity index is 0.000000157. The van der Waals surface area contributed by atoms with Crippen molar-refractivity contribution in [2.75, 3.05) is 85.2 Å². The van der Waals surface area contributed by atoms with E-state index in [1.165, 1.54) is 35.3 Å². The molecule has 12 aliphatic heterocycles. The van der Waals surface area contributed by atoms with E-state index >= 15 is 0 Å². The van der Waals surface area contributed by atoms with E-state index < -0.39 is 43.1 Å². The van der Waals surface area contributed by atoms with E-state index in [9.17, 15) is 33.9 Å². The second-order valence-electron chi connectivity index (χ2n) is 46.0. The molecule has 0 saturated carbocycles. The third-order valence-corrected chi connectivity index (χ3v) is 41.5. The molecule has 6 aromatic carbocycles. The topological polar surface area (TPSA) is 217 Å². The molecule has 0 aliphatic carbocycles. The number of aliphatic imine (C=N–C) groups is 3. The number of amides is 6. The van der Waals surface area contributed by atoms with Gasteiger partial charge in [0.25, 0.3) is 17.7 Å². The van der Waals surface area contributed by atoms with Crippen LogP contribution in [-0.2, 0) is 49.8 Å². The first kappa shape index (κ1) is 110. The number of hydrogen-bond donors (Lipinski definition) is 2. The fourth-order valence-corrected chi connectivity index (χ4v) is 29.4. The van der Waals surface area contributed by atoms with E-state index in [2.05, 4.69) is 200 Å². The summed E-state index contributed by atoms with van der Waals surface area (Å²) in [5.74, 6) is -0.0419. The summed E-state index contributed by atoms with van der Waals surface area (Å²) in [6.07, 6.45) is 4.35. The van der Waals surface area contributed by atoms with Crippen LogP contribution in [0.15, 0.2) is 192 Å². The highest BCUT2D eigenvalue weighted by molar-refractivity contribution is 8.18. The van der Waals surface area contributed by atoms with Gasteiger partial charge < -0.3 is 58.9 Å². The van der Waals surface area contributed by atoms with Gasteiger partial charge in [-0.1, -0.05) is 205 Å². The molecule has 33 heteroatoms. The Bertz CT molecular complexity index is 6080. The average molecular weight is 2170 g/mol. The SMILES string of the molecule is CC(C)C1=C(C(=O)N2[C@H](C)CC[C@H]2C(=O)N2CCN(CCO)C(C)(C)C2)SC2=N[C@@](C)(c3ccc(Cl)cc3)[C@@H](c3ccc(Cl)cc3)N21.CC(C)C1=C(C(=O)N2[C@H](C)CC[C@H]2C(=O)N2CCN(CCO[Si](C)(C)C(C)(C)C)C(C)(C)C2)SC2=N[C@@](C)(c3ccc(Cl)cc3)[C@@H](c3ccc(Cl)cc3)N21.CC(C)C1=C(C(=O)N2[C@H](C)CC[C@H]2C(=O)N2CCNC(C)(C)C2)SC2=N[C@@](C)(c3ccc(Cl)cc3)[C@@H](c3ccc(Cl)cc3)N21. The number of rotatable bonds is 21. The van der Waals surface area contributed by atoms with E-state index in [1.807, 2.05) is 163 Å². The molecule has 0 radical (unpaired) electrons. The van der Waals surface area contributed by atoms with Crippen molar-refractivity contribution in [1.82, 2.24) is 59.2 Å². The number of thioether (sulfide) groups is 3. The minimum Gasteiger partial charge on any atom is -0.416 e. The number of amidine groups is 3. The van der Waals surface area contributed by atoms with Crippen molar-refractivity contribution in [3.05, 3.63) is 241 Å². The minimum absolute atomic E-state index is 0.0151. The zero-order valence-electron chi connectivity index (χ0n) is 88.3. The van der Waals surface area contributed by atoms with Crippen molar-refractivity contribution in [1.29, 1.82) is 0 Å². The standard InChI is InChI=1S/C42H59Cl2N5O3SSi.C36H45Cl2N5O3S.C34H41Cl2N5O2S/c1-27(2)34-35(53-39-45-42(9,30-15-19-32(44)20-16-30)36(49(34)39)29-13-17-31(43)18-14-29)38(51)48-28(3)12-21-33(48)37(50)46-22-23-47(41(7,8)26-46)24-25-52-54(10,11)40(4,5)6;1-22(2)29-30(33(46)42-23(3)7-16-28(42)32(45)40-17-18-41(19-20-44)35(4,5)21-40)47-34-39-36(6,25-10-14-27(38)15-11-25)31(43(29)34)24-8-12-26(37)13-9-24;1-20(2)27-28(31(43)40-21(3)7-16-26(40)30(42)39-18-17-37-33(4,5)19-39)44-32-38-34(6,23-10-14-25(36)15-11-23)29(41(27)32)22-8-12-24(35)13-9-22/h13-20,27-28,33,36H,12,21-26H2,1-11H3;8-15,22-23,28,31,44H,7,16-21H2,1-6H3;8-15,20-21,26,29,37H,7,16-19H2,1-6H3/t28-,33+,36-,42+;23-,28+,31-,36+;21-,26+,29-,34+/m111/s1. The highest BCUT2D eigenvalue weighted by Gasteiger charge is 2.60. The Hall–Kier alpha value is -7.42. The lowest BCUT2D eigenvalue weighted by Gasteiger charge is -2.48. The second-order valence-corrected chi connectivity index (χ2v) is 56.4. The average Bonchev–Trinajstić information content (AvgIpc) is 1.56.